The molecule has 0 saturated carbocycles. The van der Waals surface area contributed by atoms with Gasteiger partial charge in [0.15, 0.2) is 0 Å². The minimum atomic E-state index is -0.232. The molecule has 2 aromatic carbocycles. The third kappa shape index (κ3) is 6.73. The molecule has 1 unspecified atom stereocenters. The zero-order valence-corrected chi connectivity index (χ0v) is 21.1. The lowest BCUT2D eigenvalue weighted by molar-refractivity contribution is -0.143. The van der Waals surface area contributed by atoms with E-state index < -0.39 is 0 Å². The topological polar surface area (TPSA) is 73.2 Å². The molecular weight excluding hydrogens is 446 g/mol. The molecule has 0 radical (unpaired) electrons. The summed E-state index contributed by atoms with van der Waals surface area (Å²) in [6, 6.07) is 19.4. The summed E-state index contributed by atoms with van der Waals surface area (Å²) in [4.78, 5) is 30.8. The van der Waals surface area contributed by atoms with Gasteiger partial charge < -0.3 is 10.1 Å². The van der Waals surface area contributed by atoms with Crippen LogP contribution in [0.15, 0.2) is 70.4 Å². The van der Waals surface area contributed by atoms with Crippen molar-refractivity contribution >= 4 is 23.4 Å². The number of carbonyl (C=O) groups excluding carboxylic acids is 1. The molecular formula is C27H33N3O3S. The first-order chi connectivity index (χ1) is 16.4. The van der Waals surface area contributed by atoms with Crippen molar-refractivity contribution in [3.05, 3.63) is 76.8 Å². The van der Waals surface area contributed by atoms with Crippen LogP contribution in [0.5, 0.6) is 0 Å². The van der Waals surface area contributed by atoms with Crippen LogP contribution >= 0.6 is 11.8 Å². The number of hydrogen-bond donors (Lipinski definition) is 1. The fourth-order valence-electron chi connectivity index (χ4n) is 3.61. The minimum Gasteiger partial charge on any atom is -0.465 e. The van der Waals surface area contributed by atoms with E-state index in [-0.39, 0.29) is 22.7 Å². The molecule has 0 bridgehead atoms. The van der Waals surface area contributed by atoms with Gasteiger partial charge in [-0.3, -0.25) is 14.2 Å². The average molecular weight is 480 g/mol. The summed E-state index contributed by atoms with van der Waals surface area (Å²) < 4.78 is 6.94. The van der Waals surface area contributed by atoms with Crippen molar-refractivity contribution < 1.29 is 9.53 Å². The van der Waals surface area contributed by atoms with Gasteiger partial charge in [-0.15, -0.1) is 11.8 Å². The van der Waals surface area contributed by atoms with Crippen LogP contribution in [0.1, 0.15) is 33.5 Å². The Kier molecular flexibility index (Phi) is 9.33. The summed E-state index contributed by atoms with van der Waals surface area (Å²) in [6.45, 7) is 9.40. The summed E-state index contributed by atoms with van der Waals surface area (Å²) in [5.74, 6) is 0.780. The van der Waals surface area contributed by atoms with Crippen molar-refractivity contribution in [2.45, 2.75) is 50.8 Å². The molecule has 1 aromatic heterocycles. The standard InChI is InChI=1S/C27H33N3O3S/c1-5-24-29-23(20-10-8-7-9-11-20)18-25(31)30(24)17-16-28-21-12-14-22(15-13-21)34-26(19(3)4)27(32)33-6-2/h7-15,18-19,26,28H,5-6,16-17H2,1-4H3. The number of aromatic nitrogens is 2. The molecule has 0 aliphatic heterocycles. The smallest absolute Gasteiger partial charge is 0.319 e. The number of nitrogens with one attached hydrogen (secondary N) is 1. The van der Waals surface area contributed by atoms with Gasteiger partial charge in [-0.1, -0.05) is 51.1 Å². The van der Waals surface area contributed by atoms with Crippen molar-refractivity contribution in [2.24, 2.45) is 5.92 Å². The highest BCUT2D eigenvalue weighted by molar-refractivity contribution is 8.00. The molecule has 34 heavy (non-hydrogen) atoms. The number of esters is 1. The number of nitrogens with zero attached hydrogens (tertiary/aromatic N) is 2. The Morgan fingerprint density at radius 1 is 1.09 bits per heavy atom. The number of hydrogen-bond acceptors (Lipinski definition) is 6. The van der Waals surface area contributed by atoms with Crippen LogP contribution in [0.4, 0.5) is 5.69 Å². The summed E-state index contributed by atoms with van der Waals surface area (Å²) in [5, 5.41) is 3.14. The molecule has 1 heterocycles. The second kappa shape index (κ2) is 12.4. The van der Waals surface area contributed by atoms with Crippen LogP contribution in [-0.2, 0) is 22.5 Å². The third-order valence-electron chi connectivity index (χ3n) is 5.38. The largest absolute Gasteiger partial charge is 0.465 e. The third-order valence-corrected chi connectivity index (χ3v) is 6.91. The molecule has 0 saturated heterocycles. The van der Waals surface area contributed by atoms with Gasteiger partial charge in [0, 0.05) is 41.7 Å². The van der Waals surface area contributed by atoms with E-state index in [1.165, 1.54) is 11.8 Å². The van der Waals surface area contributed by atoms with Gasteiger partial charge >= 0.3 is 5.97 Å². The molecule has 0 amide bonds. The Morgan fingerprint density at radius 3 is 2.41 bits per heavy atom. The SMILES string of the molecule is CCOC(=O)C(Sc1ccc(NCCn2c(CC)nc(-c3ccccc3)cc2=O)cc1)C(C)C. The van der Waals surface area contributed by atoms with Gasteiger partial charge in [0.25, 0.3) is 5.56 Å². The maximum absolute atomic E-state index is 12.8. The number of aryl methyl sites for hydroxylation is 1. The highest BCUT2D eigenvalue weighted by atomic mass is 32.2. The van der Waals surface area contributed by atoms with Crippen LogP contribution in [0.3, 0.4) is 0 Å². The summed E-state index contributed by atoms with van der Waals surface area (Å²) in [6.07, 6.45) is 0.680. The monoisotopic (exact) mass is 479 g/mol. The average Bonchev–Trinajstić information content (AvgIpc) is 2.84. The summed E-state index contributed by atoms with van der Waals surface area (Å²) in [5.41, 5.74) is 2.57. The van der Waals surface area contributed by atoms with Crippen molar-refractivity contribution in [2.75, 3.05) is 18.5 Å². The zero-order chi connectivity index (χ0) is 24.5. The second-order valence-electron chi connectivity index (χ2n) is 8.25. The van der Waals surface area contributed by atoms with E-state index >= 15 is 0 Å². The lowest BCUT2D eigenvalue weighted by Gasteiger charge is -2.18. The van der Waals surface area contributed by atoms with E-state index in [9.17, 15) is 9.59 Å². The van der Waals surface area contributed by atoms with Gasteiger partial charge in [-0.2, -0.15) is 0 Å². The van der Waals surface area contributed by atoms with E-state index in [1.807, 2.05) is 82.3 Å². The number of ether oxygens (including phenoxy) is 1. The fraction of sp³-hybridized carbons (Fsp3) is 0.370. The van der Waals surface area contributed by atoms with Crippen molar-refractivity contribution in [1.82, 2.24) is 9.55 Å². The first-order valence-electron chi connectivity index (χ1n) is 11.8. The normalized spacial score (nSPS) is 11.9. The van der Waals surface area contributed by atoms with Crippen molar-refractivity contribution in [3.8, 4) is 11.3 Å². The first kappa shape index (κ1) is 25.6. The summed E-state index contributed by atoms with van der Waals surface area (Å²) in [7, 11) is 0. The van der Waals surface area contributed by atoms with Gasteiger partial charge in [-0.05, 0) is 37.1 Å². The number of anilines is 1. The molecule has 3 rings (SSSR count). The summed E-state index contributed by atoms with van der Waals surface area (Å²) >= 11 is 1.52. The molecule has 6 nitrogen and oxygen atoms in total. The van der Waals surface area contributed by atoms with Crippen LogP contribution < -0.4 is 10.9 Å². The number of carbonyl (C=O) groups is 1. The van der Waals surface area contributed by atoms with Crippen LogP contribution in [0, 0.1) is 5.92 Å². The quantitative estimate of drug-likeness (QED) is 0.299. The Morgan fingerprint density at radius 2 is 1.79 bits per heavy atom. The fourth-order valence-corrected chi connectivity index (χ4v) is 4.63. The molecule has 0 aliphatic rings. The Hall–Kier alpha value is -3.06. The van der Waals surface area contributed by atoms with Gasteiger partial charge in [0.2, 0.25) is 0 Å². The highest BCUT2D eigenvalue weighted by Gasteiger charge is 2.24. The predicted molar refractivity (Wildman–Crippen MR) is 139 cm³/mol. The van der Waals surface area contributed by atoms with Crippen LogP contribution in [0.2, 0.25) is 0 Å². The molecule has 0 aliphatic carbocycles. The predicted octanol–water partition coefficient (Wildman–Crippen LogP) is 5.26. The molecule has 0 fully saturated rings. The van der Waals surface area contributed by atoms with Gasteiger partial charge in [-0.25, -0.2) is 4.98 Å². The lowest BCUT2D eigenvalue weighted by atomic mass is 10.1. The van der Waals surface area contributed by atoms with E-state index in [0.717, 1.165) is 22.0 Å². The Balaban J connectivity index is 1.62. The van der Waals surface area contributed by atoms with Crippen LogP contribution in [0.25, 0.3) is 11.3 Å². The van der Waals surface area contributed by atoms with E-state index in [1.54, 1.807) is 10.6 Å². The first-order valence-corrected chi connectivity index (χ1v) is 12.6. The number of benzene rings is 2. The second-order valence-corrected chi connectivity index (χ2v) is 9.47. The minimum absolute atomic E-state index is 0.0436. The van der Waals surface area contributed by atoms with Crippen molar-refractivity contribution in [1.29, 1.82) is 0 Å². The lowest BCUT2D eigenvalue weighted by Crippen LogP contribution is -2.27. The van der Waals surface area contributed by atoms with Crippen molar-refractivity contribution in [3.63, 3.8) is 0 Å². The number of thioether (sulfide) groups is 1. The van der Waals surface area contributed by atoms with E-state index in [2.05, 4.69) is 5.32 Å². The Bertz CT molecular complexity index is 1130. The molecule has 3 aromatic rings. The number of rotatable bonds is 11. The maximum atomic E-state index is 12.8. The highest BCUT2D eigenvalue weighted by Crippen LogP contribution is 2.30. The van der Waals surface area contributed by atoms with Gasteiger partial charge in [0.05, 0.1) is 12.3 Å². The molecule has 0 spiro atoms. The molecule has 7 heteroatoms. The molecule has 1 atom stereocenters. The molecule has 180 valence electrons. The van der Waals surface area contributed by atoms with Crippen LogP contribution in [-0.4, -0.2) is 33.9 Å². The zero-order valence-electron chi connectivity index (χ0n) is 20.3. The molecule has 1 N–H and O–H groups in total. The maximum Gasteiger partial charge on any atom is 0.319 e. The van der Waals surface area contributed by atoms with E-state index in [4.69, 9.17) is 9.72 Å². The van der Waals surface area contributed by atoms with E-state index in [0.29, 0.717) is 31.8 Å². The van der Waals surface area contributed by atoms with Gasteiger partial charge in [0.1, 0.15) is 11.1 Å². The Labute approximate surface area is 205 Å².